The predicted octanol–water partition coefficient (Wildman–Crippen LogP) is 3.91. The van der Waals surface area contributed by atoms with Crippen LogP contribution in [0.15, 0.2) is 54.6 Å². The number of carbonyl (C=O) groups is 1. The highest BCUT2D eigenvalue weighted by Crippen LogP contribution is 2.15. The quantitative estimate of drug-likeness (QED) is 0.450. The number of rotatable bonds is 7. The Morgan fingerprint density at radius 3 is 2.50 bits per heavy atom. The normalized spacial score (nSPS) is 14.9. The van der Waals surface area contributed by atoms with Crippen LogP contribution in [0.2, 0.25) is 0 Å². The summed E-state index contributed by atoms with van der Waals surface area (Å²) in [7, 11) is 0. The van der Waals surface area contributed by atoms with Crippen LogP contribution in [-0.4, -0.2) is 28.8 Å². The second-order valence-electron chi connectivity index (χ2n) is 7.06. The van der Waals surface area contributed by atoms with Gasteiger partial charge in [0.05, 0.1) is 4.92 Å². The number of nitro groups is 1. The van der Waals surface area contributed by atoms with Crippen LogP contribution in [-0.2, 0) is 17.9 Å². The molecule has 0 aliphatic carbocycles. The van der Waals surface area contributed by atoms with Crippen molar-refractivity contribution in [2.75, 3.05) is 13.1 Å². The maximum atomic E-state index is 12.0. The highest BCUT2D eigenvalue weighted by atomic mass is 16.6. The van der Waals surface area contributed by atoms with Gasteiger partial charge < -0.3 is 5.32 Å². The number of hydrogen-bond acceptors (Lipinski definition) is 4. The smallest absolute Gasteiger partial charge is 0.270 e. The van der Waals surface area contributed by atoms with Crippen LogP contribution in [0.3, 0.4) is 0 Å². The van der Waals surface area contributed by atoms with Gasteiger partial charge in [0.15, 0.2) is 0 Å². The van der Waals surface area contributed by atoms with E-state index < -0.39 is 4.92 Å². The molecule has 1 saturated heterocycles. The molecule has 0 radical (unpaired) electrons. The van der Waals surface area contributed by atoms with Gasteiger partial charge in [0.25, 0.3) is 5.69 Å². The standard InChI is InChI=1S/C22H25N3O3/c26-22(12-11-18-5-4-6-21(15-18)25(27)28)23-16-19-7-9-20(10-8-19)17-24-13-2-1-3-14-24/h4-12,15H,1-3,13-14,16-17H2,(H,23,26)/b12-11+. The second-order valence-corrected chi connectivity index (χ2v) is 7.06. The Balaban J connectivity index is 1.47. The van der Waals surface area contributed by atoms with E-state index >= 15 is 0 Å². The van der Waals surface area contributed by atoms with Crippen molar-refractivity contribution >= 4 is 17.7 Å². The van der Waals surface area contributed by atoms with Gasteiger partial charge in [-0.05, 0) is 48.7 Å². The van der Waals surface area contributed by atoms with Gasteiger partial charge in [-0.3, -0.25) is 19.8 Å². The molecule has 28 heavy (non-hydrogen) atoms. The molecule has 0 saturated carbocycles. The number of carbonyl (C=O) groups excluding carboxylic acids is 1. The topological polar surface area (TPSA) is 75.5 Å². The Morgan fingerprint density at radius 1 is 1.07 bits per heavy atom. The van der Waals surface area contributed by atoms with Gasteiger partial charge in [-0.2, -0.15) is 0 Å². The molecule has 1 aliphatic rings. The minimum absolute atomic E-state index is 0.00667. The monoisotopic (exact) mass is 379 g/mol. The van der Waals surface area contributed by atoms with E-state index in [-0.39, 0.29) is 11.6 Å². The number of piperidine rings is 1. The van der Waals surface area contributed by atoms with Crippen LogP contribution in [0, 0.1) is 10.1 Å². The van der Waals surface area contributed by atoms with E-state index in [2.05, 4.69) is 22.3 Å². The lowest BCUT2D eigenvalue weighted by atomic mass is 10.1. The molecule has 0 atom stereocenters. The Kier molecular flexibility index (Phi) is 6.92. The van der Waals surface area contributed by atoms with Crippen LogP contribution in [0.25, 0.3) is 6.08 Å². The predicted molar refractivity (Wildman–Crippen MR) is 110 cm³/mol. The lowest BCUT2D eigenvalue weighted by Gasteiger charge is -2.26. The first-order valence-corrected chi connectivity index (χ1v) is 9.61. The minimum Gasteiger partial charge on any atom is -0.348 e. The largest absolute Gasteiger partial charge is 0.348 e. The Hall–Kier alpha value is -2.99. The zero-order chi connectivity index (χ0) is 19.8. The summed E-state index contributed by atoms with van der Waals surface area (Å²) in [5.74, 6) is -0.233. The molecule has 146 valence electrons. The van der Waals surface area contributed by atoms with E-state index in [0.29, 0.717) is 12.1 Å². The molecule has 0 bridgehead atoms. The number of likely N-dealkylation sites (tertiary alicyclic amines) is 1. The number of nitro benzene ring substituents is 1. The summed E-state index contributed by atoms with van der Waals surface area (Å²) in [5, 5.41) is 13.6. The van der Waals surface area contributed by atoms with E-state index in [4.69, 9.17) is 0 Å². The van der Waals surface area contributed by atoms with Gasteiger partial charge in [-0.15, -0.1) is 0 Å². The summed E-state index contributed by atoms with van der Waals surface area (Å²) in [6, 6.07) is 14.5. The van der Waals surface area contributed by atoms with Crippen LogP contribution in [0.4, 0.5) is 5.69 Å². The molecule has 1 aliphatic heterocycles. The van der Waals surface area contributed by atoms with E-state index in [0.717, 1.165) is 12.1 Å². The maximum Gasteiger partial charge on any atom is 0.270 e. The molecular formula is C22H25N3O3. The number of nitrogens with one attached hydrogen (secondary N) is 1. The van der Waals surface area contributed by atoms with Crippen molar-refractivity contribution in [1.29, 1.82) is 0 Å². The van der Waals surface area contributed by atoms with Gasteiger partial charge in [0.2, 0.25) is 5.91 Å². The molecule has 2 aromatic rings. The van der Waals surface area contributed by atoms with E-state index in [9.17, 15) is 14.9 Å². The zero-order valence-corrected chi connectivity index (χ0v) is 15.8. The van der Waals surface area contributed by atoms with Crippen LogP contribution in [0.1, 0.15) is 36.0 Å². The van der Waals surface area contributed by atoms with Crippen molar-refractivity contribution in [2.45, 2.75) is 32.4 Å². The van der Waals surface area contributed by atoms with Gasteiger partial charge in [0.1, 0.15) is 0 Å². The highest BCUT2D eigenvalue weighted by Gasteiger charge is 2.10. The molecule has 2 aromatic carbocycles. The van der Waals surface area contributed by atoms with Crippen molar-refractivity contribution in [3.63, 3.8) is 0 Å². The first-order valence-electron chi connectivity index (χ1n) is 9.61. The number of hydrogen-bond donors (Lipinski definition) is 1. The number of benzene rings is 2. The van der Waals surface area contributed by atoms with Crippen LogP contribution >= 0.6 is 0 Å². The maximum absolute atomic E-state index is 12.0. The first kappa shape index (κ1) is 19.8. The van der Waals surface area contributed by atoms with Crippen molar-refractivity contribution in [3.05, 3.63) is 81.4 Å². The average molecular weight is 379 g/mol. The molecule has 0 aromatic heterocycles. The Labute approximate surface area is 165 Å². The molecule has 1 N–H and O–H groups in total. The summed E-state index contributed by atoms with van der Waals surface area (Å²) in [6.45, 7) is 3.78. The Bertz CT molecular complexity index is 840. The summed E-state index contributed by atoms with van der Waals surface area (Å²) in [6.07, 6.45) is 6.88. The fraction of sp³-hybridized carbons (Fsp3) is 0.318. The summed E-state index contributed by atoms with van der Waals surface area (Å²) in [4.78, 5) is 24.8. The third-order valence-corrected chi connectivity index (χ3v) is 4.85. The van der Waals surface area contributed by atoms with E-state index in [1.54, 1.807) is 18.2 Å². The van der Waals surface area contributed by atoms with Gasteiger partial charge >= 0.3 is 0 Å². The van der Waals surface area contributed by atoms with Crippen molar-refractivity contribution in [3.8, 4) is 0 Å². The molecule has 1 heterocycles. The minimum atomic E-state index is -0.452. The SMILES string of the molecule is O=C(/C=C/c1cccc([N+](=O)[O-])c1)NCc1ccc(CN2CCCCC2)cc1. The average Bonchev–Trinajstić information content (AvgIpc) is 2.73. The Morgan fingerprint density at radius 2 is 1.79 bits per heavy atom. The van der Waals surface area contributed by atoms with Crippen molar-refractivity contribution in [2.24, 2.45) is 0 Å². The summed E-state index contributed by atoms with van der Waals surface area (Å²) in [5.41, 5.74) is 2.96. The molecule has 6 heteroatoms. The van der Waals surface area contributed by atoms with Crippen LogP contribution in [0.5, 0.6) is 0 Å². The third kappa shape index (κ3) is 6.03. The summed E-state index contributed by atoms with van der Waals surface area (Å²) >= 11 is 0. The second kappa shape index (κ2) is 9.80. The number of amides is 1. The molecular weight excluding hydrogens is 354 g/mol. The first-order chi connectivity index (χ1) is 13.6. The fourth-order valence-electron chi connectivity index (χ4n) is 3.30. The van der Waals surface area contributed by atoms with Gasteiger partial charge in [-0.1, -0.05) is 42.8 Å². The van der Waals surface area contributed by atoms with Gasteiger partial charge in [-0.25, -0.2) is 0 Å². The number of non-ortho nitro benzene ring substituents is 1. The lowest BCUT2D eigenvalue weighted by Crippen LogP contribution is -2.29. The zero-order valence-electron chi connectivity index (χ0n) is 15.8. The molecule has 0 spiro atoms. The van der Waals surface area contributed by atoms with Gasteiger partial charge in [0, 0.05) is 31.3 Å². The van der Waals surface area contributed by atoms with Crippen molar-refractivity contribution < 1.29 is 9.72 Å². The van der Waals surface area contributed by atoms with E-state index in [1.165, 1.54) is 56.1 Å². The molecule has 1 amide bonds. The van der Waals surface area contributed by atoms with E-state index in [1.807, 2.05) is 12.1 Å². The molecule has 0 unspecified atom stereocenters. The highest BCUT2D eigenvalue weighted by molar-refractivity contribution is 5.91. The summed E-state index contributed by atoms with van der Waals surface area (Å²) < 4.78 is 0. The fourth-order valence-corrected chi connectivity index (χ4v) is 3.30. The molecule has 1 fully saturated rings. The molecule has 3 rings (SSSR count). The molecule has 6 nitrogen and oxygen atoms in total. The van der Waals surface area contributed by atoms with Crippen molar-refractivity contribution in [1.82, 2.24) is 10.2 Å². The lowest BCUT2D eigenvalue weighted by molar-refractivity contribution is -0.384. The number of nitrogens with zero attached hydrogens (tertiary/aromatic N) is 2. The van der Waals surface area contributed by atoms with Crippen LogP contribution < -0.4 is 5.32 Å². The third-order valence-electron chi connectivity index (χ3n) is 4.85.